The molecule has 0 saturated carbocycles. The Balaban J connectivity index is 2.37. The molecule has 0 aromatic carbocycles. The molecule has 0 aromatic heterocycles. The first kappa shape index (κ1) is 13.4. The van der Waals surface area contributed by atoms with Gasteiger partial charge in [0.2, 0.25) is 5.91 Å². The molecule has 1 heterocycles. The van der Waals surface area contributed by atoms with E-state index in [4.69, 9.17) is 15.9 Å². The molecule has 0 spiro atoms. The fourth-order valence-electron chi connectivity index (χ4n) is 2.30. The second kappa shape index (κ2) is 6.83. The van der Waals surface area contributed by atoms with Gasteiger partial charge in [0.15, 0.2) is 0 Å². The zero-order chi connectivity index (χ0) is 12.0. The van der Waals surface area contributed by atoms with Crippen molar-refractivity contribution < 1.29 is 15.0 Å². The van der Waals surface area contributed by atoms with Crippen molar-refractivity contribution in [1.82, 2.24) is 4.90 Å². The summed E-state index contributed by atoms with van der Waals surface area (Å²) in [5.74, 6) is 0.208. The Hall–Kier alpha value is -0.650. The molecule has 0 bridgehead atoms. The Bertz CT molecular complexity index is 219. The van der Waals surface area contributed by atoms with Crippen LogP contribution >= 0.6 is 0 Å². The number of hydrogen-bond donors (Lipinski definition) is 3. The number of aliphatic hydroxyl groups is 2. The molecule has 16 heavy (non-hydrogen) atoms. The molecule has 0 radical (unpaired) electrons. The largest absolute Gasteiger partial charge is 0.395 e. The molecule has 1 atom stereocenters. The zero-order valence-electron chi connectivity index (χ0n) is 9.64. The second-order valence-corrected chi connectivity index (χ2v) is 4.53. The maximum atomic E-state index is 10.7. The van der Waals surface area contributed by atoms with Gasteiger partial charge in [0, 0.05) is 13.0 Å². The van der Waals surface area contributed by atoms with E-state index in [1.165, 1.54) is 0 Å². The Labute approximate surface area is 96.2 Å². The van der Waals surface area contributed by atoms with Crippen LogP contribution in [0, 0.1) is 5.92 Å². The summed E-state index contributed by atoms with van der Waals surface area (Å²) in [5, 5.41) is 18.2. The van der Waals surface area contributed by atoms with E-state index < -0.39 is 0 Å². The fourth-order valence-corrected chi connectivity index (χ4v) is 2.30. The molecule has 0 unspecified atom stereocenters. The monoisotopic (exact) mass is 230 g/mol. The van der Waals surface area contributed by atoms with Crippen LogP contribution in [0.15, 0.2) is 0 Å². The SMILES string of the molecule is NC(=O)CC[C@H]1CCCN(C(CO)CO)C1. The minimum Gasteiger partial charge on any atom is -0.395 e. The molecule has 5 heteroatoms. The lowest BCUT2D eigenvalue weighted by Crippen LogP contribution is -2.46. The van der Waals surface area contributed by atoms with Crippen LogP contribution < -0.4 is 5.73 Å². The zero-order valence-corrected chi connectivity index (χ0v) is 9.64. The third kappa shape index (κ3) is 4.08. The number of hydrogen-bond acceptors (Lipinski definition) is 4. The van der Waals surface area contributed by atoms with Crippen molar-refractivity contribution in [2.24, 2.45) is 11.7 Å². The molecule has 1 aliphatic rings. The number of likely N-dealkylation sites (tertiary alicyclic amines) is 1. The van der Waals surface area contributed by atoms with Crippen molar-refractivity contribution >= 4 is 5.91 Å². The summed E-state index contributed by atoms with van der Waals surface area (Å²) in [6, 6.07) is -0.156. The predicted molar refractivity (Wildman–Crippen MR) is 60.7 cm³/mol. The number of carbonyl (C=O) groups excluding carboxylic acids is 1. The predicted octanol–water partition coefficient (Wildman–Crippen LogP) is -0.683. The number of rotatable bonds is 6. The number of nitrogens with two attached hydrogens (primary N) is 1. The van der Waals surface area contributed by atoms with Crippen LogP contribution in [0.25, 0.3) is 0 Å². The van der Waals surface area contributed by atoms with Gasteiger partial charge in [-0.3, -0.25) is 9.69 Å². The Morgan fingerprint density at radius 3 is 2.69 bits per heavy atom. The second-order valence-electron chi connectivity index (χ2n) is 4.53. The number of carbonyl (C=O) groups is 1. The van der Waals surface area contributed by atoms with Crippen LogP contribution in [0.1, 0.15) is 25.7 Å². The van der Waals surface area contributed by atoms with Crippen molar-refractivity contribution in [2.45, 2.75) is 31.7 Å². The lowest BCUT2D eigenvalue weighted by Gasteiger charge is -2.36. The molecular weight excluding hydrogens is 208 g/mol. The minimum absolute atomic E-state index is 0.0148. The van der Waals surface area contributed by atoms with Gasteiger partial charge in [-0.1, -0.05) is 0 Å². The number of amides is 1. The number of piperidine rings is 1. The average molecular weight is 230 g/mol. The van der Waals surface area contributed by atoms with Crippen molar-refractivity contribution in [3.63, 3.8) is 0 Å². The van der Waals surface area contributed by atoms with E-state index in [1.807, 2.05) is 0 Å². The Morgan fingerprint density at radius 1 is 1.44 bits per heavy atom. The molecule has 1 fully saturated rings. The highest BCUT2D eigenvalue weighted by Gasteiger charge is 2.25. The van der Waals surface area contributed by atoms with E-state index in [9.17, 15) is 4.79 Å². The molecule has 1 amide bonds. The minimum atomic E-state index is -0.252. The van der Waals surface area contributed by atoms with E-state index >= 15 is 0 Å². The topological polar surface area (TPSA) is 86.8 Å². The highest BCUT2D eigenvalue weighted by molar-refractivity contribution is 5.73. The van der Waals surface area contributed by atoms with Crippen LogP contribution in [-0.2, 0) is 4.79 Å². The summed E-state index contributed by atoms with van der Waals surface area (Å²) in [6.07, 6.45) is 3.41. The quantitative estimate of drug-likeness (QED) is 0.564. The van der Waals surface area contributed by atoms with Gasteiger partial charge >= 0.3 is 0 Å². The summed E-state index contributed by atoms with van der Waals surface area (Å²) < 4.78 is 0. The Morgan fingerprint density at radius 2 is 2.12 bits per heavy atom. The molecule has 5 nitrogen and oxygen atoms in total. The van der Waals surface area contributed by atoms with E-state index in [0.717, 1.165) is 32.4 Å². The van der Waals surface area contributed by atoms with E-state index in [2.05, 4.69) is 4.90 Å². The van der Waals surface area contributed by atoms with Crippen LogP contribution in [0.4, 0.5) is 0 Å². The van der Waals surface area contributed by atoms with Crippen LogP contribution in [0.3, 0.4) is 0 Å². The number of primary amides is 1. The summed E-state index contributed by atoms with van der Waals surface area (Å²) in [7, 11) is 0. The standard InChI is InChI=1S/C11H22N2O3/c12-11(16)4-3-9-2-1-5-13(6-9)10(7-14)8-15/h9-10,14-15H,1-8H2,(H2,12,16)/t9-/m1/s1. The molecule has 1 rings (SSSR count). The van der Waals surface area contributed by atoms with Gasteiger partial charge in [-0.25, -0.2) is 0 Å². The van der Waals surface area contributed by atoms with Gasteiger partial charge in [-0.15, -0.1) is 0 Å². The van der Waals surface area contributed by atoms with Crippen LogP contribution in [-0.4, -0.2) is 53.4 Å². The normalized spacial score (nSPS) is 22.6. The van der Waals surface area contributed by atoms with Gasteiger partial charge in [0.05, 0.1) is 19.3 Å². The summed E-state index contributed by atoms with van der Waals surface area (Å²) in [4.78, 5) is 12.8. The third-order valence-corrected chi connectivity index (χ3v) is 3.29. The lowest BCUT2D eigenvalue weighted by atomic mass is 9.92. The maximum Gasteiger partial charge on any atom is 0.217 e. The number of nitrogens with zero attached hydrogens (tertiary/aromatic N) is 1. The molecule has 0 aromatic rings. The average Bonchev–Trinajstić information content (AvgIpc) is 2.29. The highest BCUT2D eigenvalue weighted by Crippen LogP contribution is 2.22. The van der Waals surface area contributed by atoms with Gasteiger partial charge in [-0.05, 0) is 31.7 Å². The number of aliphatic hydroxyl groups excluding tert-OH is 2. The maximum absolute atomic E-state index is 10.7. The van der Waals surface area contributed by atoms with E-state index in [-0.39, 0.29) is 25.2 Å². The fraction of sp³-hybridized carbons (Fsp3) is 0.909. The van der Waals surface area contributed by atoms with Gasteiger partial charge in [0.1, 0.15) is 0 Å². The van der Waals surface area contributed by atoms with Gasteiger partial charge in [-0.2, -0.15) is 0 Å². The highest BCUT2D eigenvalue weighted by atomic mass is 16.3. The van der Waals surface area contributed by atoms with E-state index in [1.54, 1.807) is 0 Å². The summed E-state index contributed by atoms with van der Waals surface area (Å²) in [6.45, 7) is 1.73. The first-order valence-electron chi connectivity index (χ1n) is 5.91. The summed E-state index contributed by atoms with van der Waals surface area (Å²) >= 11 is 0. The molecule has 94 valence electrons. The smallest absolute Gasteiger partial charge is 0.217 e. The van der Waals surface area contributed by atoms with Crippen molar-refractivity contribution in [1.29, 1.82) is 0 Å². The van der Waals surface area contributed by atoms with Gasteiger partial charge < -0.3 is 15.9 Å². The van der Waals surface area contributed by atoms with E-state index in [0.29, 0.717) is 12.3 Å². The van der Waals surface area contributed by atoms with Crippen molar-refractivity contribution in [3.05, 3.63) is 0 Å². The lowest BCUT2D eigenvalue weighted by molar-refractivity contribution is -0.118. The van der Waals surface area contributed by atoms with Crippen LogP contribution in [0.2, 0.25) is 0 Å². The summed E-state index contributed by atoms with van der Waals surface area (Å²) in [5.41, 5.74) is 5.12. The molecule has 0 aliphatic carbocycles. The first-order chi connectivity index (χ1) is 7.67. The van der Waals surface area contributed by atoms with Crippen LogP contribution in [0.5, 0.6) is 0 Å². The van der Waals surface area contributed by atoms with Crippen molar-refractivity contribution in [2.75, 3.05) is 26.3 Å². The molecule has 1 aliphatic heterocycles. The van der Waals surface area contributed by atoms with Gasteiger partial charge in [0.25, 0.3) is 0 Å². The third-order valence-electron chi connectivity index (χ3n) is 3.29. The first-order valence-corrected chi connectivity index (χ1v) is 5.91. The molecular formula is C11H22N2O3. The Kier molecular flexibility index (Phi) is 5.73. The van der Waals surface area contributed by atoms with Crippen molar-refractivity contribution in [3.8, 4) is 0 Å². The molecule has 4 N–H and O–H groups in total. The molecule has 1 saturated heterocycles.